The van der Waals surface area contributed by atoms with Crippen molar-refractivity contribution in [3.05, 3.63) is 35.9 Å². The molecule has 1 aromatic rings. The number of rotatable bonds is 16. The van der Waals surface area contributed by atoms with E-state index in [9.17, 15) is 4.79 Å². The summed E-state index contributed by atoms with van der Waals surface area (Å²) in [7, 11) is -9.98. The molecular weight excluding hydrogens is 481 g/mol. The summed E-state index contributed by atoms with van der Waals surface area (Å²) in [5.41, 5.74) is 0.528. The normalized spacial score (nSPS) is 14.7. The van der Waals surface area contributed by atoms with Crippen LogP contribution in [0.25, 0.3) is 0 Å². The van der Waals surface area contributed by atoms with Gasteiger partial charge in [-0.15, -0.1) is 0 Å². The summed E-state index contributed by atoms with van der Waals surface area (Å²) in [5.74, 6) is -0.365. The maximum absolute atomic E-state index is 13.2. The lowest BCUT2D eigenvalue weighted by Crippen LogP contribution is -2.62. The summed E-state index contributed by atoms with van der Waals surface area (Å²) < 4.78 is 27.2. The second-order valence-corrected chi connectivity index (χ2v) is 25.6. The van der Waals surface area contributed by atoms with E-state index in [1.165, 1.54) is 0 Å². The molecule has 1 unspecified atom stereocenters. The molecule has 0 saturated heterocycles. The molecule has 0 aliphatic heterocycles. The smallest absolute Gasteiger partial charge is 0.471 e. The zero-order chi connectivity index (χ0) is 25.2. The van der Waals surface area contributed by atoms with Crippen LogP contribution in [0.1, 0.15) is 65.7 Å². The van der Waals surface area contributed by atoms with Gasteiger partial charge in [0.15, 0.2) is 16.6 Å². The number of benzene rings is 1. The predicted octanol–water partition coefficient (Wildman–Crippen LogP) is 7.95. The Balaban J connectivity index is 3.44. The standard InChI is InChI=1S/C24H48O5Si4/c1-10-31(11-2,12-3)27-30(9,26-24(25)23-21-19-18-20-22-23)28-33(16-7,17-8)29-32(13-4,14-5)15-6/h18-22H,10-17H2,1-9H3. The van der Waals surface area contributed by atoms with Gasteiger partial charge in [-0.1, -0.05) is 73.6 Å². The van der Waals surface area contributed by atoms with Gasteiger partial charge in [-0.3, -0.25) is 0 Å². The van der Waals surface area contributed by atoms with E-state index in [2.05, 4.69) is 55.4 Å². The van der Waals surface area contributed by atoms with E-state index in [-0.39, 0.29) is 5.97 Å². The highest BCUT2D eigenvalue weighted by atomic mass is 28.5. The highest BCUT2D eigenvalue weighted by molar-refractivity contribution is 6.90. The van der Waals surface area contributed by atoms with Crippen molar-refractivity contribution in [1.29, 1.82) is 0 Å². The molecule has 33 heavy (non-hydrogen) atoms. The molecule has 0 N–H and O–H groups in total. The zero-order valence-electron chi connectivity index (χ0n) is 22.6. The Morgan fingerprint density at radius 3 is 1.45 bits per heavy atom. The van der Waals surface area contributed by atoms with E-state index in [4.69, 9.17) is 16.8 Å². The van der Waals surface area contributed by atoms with Gasteiger partial charge in [0.1, 0.15) is 0 Å². The molecule has 0 amide bonds. The number of hydrogen-bond donors (Lipinski definition) is 0. The molecule has 1 aromatic carbocycles. The van der Waals surface area contributed by atoms with Gasteiger partial charge in [-0.2, -0.15) is 0 Å². The summed E-state index contributed by atoms with van der Waals surface area (Å²) in [6.07, 6.45) is 0. The van der Waals surface area contributed by atoms with E-state index in [1.807, 2.05) is 24.7 Å². The van der Waals surface area contributed by atoms with E-state index < -0.39 is 34.0 Å². The maximum atomic E-state index is 13.2. The molecule has 0 radical (unpaired) electrons. The van der Waals surface area contributed by atoms with E-state index in [0.29, 0.717) is 5.56 Å². The molecule has 0 aliphatic rings. The zero-order valence-corrected chi connectivity index (χ0v) is 26.6. The van der Waals surface area contributed by atoms with E-state index in [1.54, 1.807) is 12.1 Å². The lowest BCUT2D eigenvalue weighted by molar-refractivity contribution is 0.0611. The largest absolute Gasteiger partial charge is 0.545 e. The first-order chi connectivity index (χ1) is 15.6. The molecular formula is C24H48O5Si4. The van der Waals surface area contributed by atoms with Gasteiger partial charge in [0.25, 0.3) is 0 Å². The monoisotopic (exact) mass is 528 g/mol. The van der Waals surface area contributed by atoms with Gasteiger partial charge < -0.3 is 16.8 Å². The molecule has 0 aliphatic carbocycles. The highest BCUT2D eigenvalue weighted by Crippen LogP contribution is 2.36. The average molecular weight is 529 g/mol. The third kappa shape index (κ3) is 7.98. The highest BCUT2D eigenvalue weighted by Gasteiger charge is 2.54. The van der Waals surface area contributed by atoms with Crippen LogP contribution in [-0.2, 0) is 16.8 Å². The molecule has 1 rings (SSSR count). The topological polar surface area (TPSA) is 54.0 Å². The Kier molecular flexibility index (Phi) is 12.5. The first-order valence-electron chi connectivity index (χ1n) is 13.0. The first-order valence-corrected chi connectivity index (χ1v) is 22.5. The third-order valence-electron chi connectivity index (χ3n) is 7.41. The van der Waals surface area contributed by atoms with Crippen LogP contribution in [0, 0.1) is 0 Å². The van der Waals surface area contributed by atoms with Crippen LogP contribution in [0.4, 0.5) is 0 Å². The molecule has 0 spiro atoms. The van der Waals surface area contributed by atoms with Gasteiger partial charge in [0.05, 0.1) is 5.56 Å². The van der Waals surface area contributed by atoms with Gasteiger partial charge in [-0.05, 0) is 60.5 Å². The summed E-state index contributed by atoms with van der Waals surface area (Å²) in [6.45, 7) is 19.6. The second-order valence-electron chi connectivity index (χ2n) is 9.03. The Bertz CT molecular complexity index is 690. The molecule has 0 saturated carbocycles. The minimum atomic E-state index is -3.34. The van der Waals surface area contributed by atoms with Crippen LogP contribution in [0.5, 0.6) is 0 Å². The number of carbonyl (C=O) groups excluding carboxylic acids is 1. The molecule has 0 heterocycles. The van der Waals surface area contributed by atoms with Crippen molar-refractivity contribution in [3.63, 3.8) is 0 Å². The lowest BCUT2D eigenvalue weighted by atomic mass is 10.2. The molecule has 0 aromatic heterocycles. The van der Waals surface area contributed by atoms with Crippen LogP contribution in [0.3, 0.4) is 0 Å². The minimum Gasteiger partial charge on any atom is -0.471 e. The van der Waals surface area contributed by atoms with E-state index in [0.717, 1.165) is 48.4 Å². The summed E-state index contributed by atoms with van der Waals surface area (Å²) >= 11 is 0. The fourth-order valence-corrected chi connectivity index (χ4v) is 24.6. The SMILES string of the molecule is CC[Si](CC)(CC)O[Si](CC)(CC)O[Si](C)(OC(=O)c1ccccc1)O[Si](CC)(CC)CC. The molecule has 190 valence electrons. The minimum absolute atomic E-state index is 0.365. The van der Waals surface area contributed by atoms with Crippen molar-refractivity contribution in [3.8, 4) is 0 Å². The molecule has 1 atom stereocenters. The Morgan fingerprint density at radius 1 is 0.636 bits per heavy atom. The van der Waals surface area contributed by atoms with Crippen LogP contribution in [0.2, 0.25) is 54.9 Å². The molecule has 0 fully saturated rings. The van der Waals surface area contributed by atoms with Crippen molar-refractivity contribution in [1.82, 2.24) is 0 Å². The molecule has 9 heteroatoms. The summed E-state index contributed by atoms with van der Waals surface area (Å²) in [6, 6.07) is 16.9. The van der Waals surface area contributed by atoms with Crippen LogP contribution in [0.15, 0.2) is 30.3 Å². The van der Waals surface area contributed by atoms with Crippen molar-refractivity contribution in [2.75, 3.05) is 0 Å². The van der Waals surface area contributed by atoms with E-state index >= 15 is 0 Å². The fourth-order valence-electron chi connectivity index (χ4n) is 4.48. The first kappa shape index (κ1) is 30.5. The van der Waals surface area contributed by atoms with Crippen LogP contribution < -0.4 is 0 Å². The second kappa shape index (κ2) is 13.5. The van der Waals surface area contributed by atoms with Crippen molar-refractivity contribution >= 4 is 40.0 Å². The van der Waals surface area contributed by atoms with Crippen molar-refractivity contribution in [2.45, 2.75) is 110 Å². The third-order valence-corrected chi connectivity index (χ3v) is 27.3. The van der Waals surface area contributed by atoms with Gasteiger partial charge in [0, 0.05) is 6.55 Å². The predicted molar refractivity (Wildman–Crippen MR) is 148 cm³/mol. The van der Waals surface area contributed by atoms with Crippen LogP contribution >= 0.6 is 0 Å². The number of hydrogen-bond acceptors (Lipinski definition) is 5. The Morgan fingerprint density at radius 2 is 1.06 bits per heavy atom. The molecule has 5 nitrogen and oxygen atoms in total. The fraction of sp³-hybridized carbons (Fsp3) is 0.708. The summed E-state index contributed by atoms with van der Waals surface area (Å²) in [5, 5.41) is 0. The van der Waals surface area contributed by atoms with Crippen molar-refractivity contribution in [2.24, 2.45) is 0 Å². The van der Waals surface area contributed by atoms with Crippen molar-refractivity contribution < 1.29 is 21.6 Å². The van der Waals surface area contributed by atoms with Crippen LogP contribution in [-0.4, -0.2) is 40.0 Å². The van der Waals surface area contributed by atoms with Gasteiger partial charge >= 0.3 is 23.3 Å². The average Bonchev–Trinajstić information content (AvgIpc) is 2.86. The number of carbonyl (C=O) groups is 1. The van der Waals surface area contributed by atoms with Gasteiger partial charge in [-0.25, -0.2) is 4.79 Å². The lowest BCUT2D eigenvalue weighted by Gasteiger charge is -2.45. The molecule has 0 bridgehead atoms. The quantitative estimate of drug-likeness (QED) is 0.204. The maximum Gasteiger partial charge on any atom is 0.545 e. The Labute approximate surface area is 207 Å². The summed E-state index contributed by atoms with van der Waals surface area (Å²) in [4.78, 5) is 13.2. The van der Waals surface area contributed by atoms with Gasteiger partial charge in [0.2, 0.25) is 0 Å². The Hall–Kier alpha value is -0.562.